The molecule has 4 rings (SSSR count). The first-order valence-corrected chi connectivity index (χ1v) is 9.36. The van der Waals surface area contributed by atoms with E-state index in [9.17, 15) is 22.8 Å². The highest BCUT2D eigenvalue weighted by molar-refractivity contribution is 6.35. The number of aryl methyl sites for hydroxylation is 2. The molecular weight excluding hydrogens is 444 g/mol. The van der Waals surface area contributed by atoms with Gasteiger partial charge in [0, 0.05) is 15.6 Å². The van der Waals surface area contributed by atoms with E-state index in [0.29, 0.717) is 10.1 Å². The Morgan fingerprint density at radius 1 is 1.10 bits per heavy atom. The van der Waals surface area contributed by atoms with Gasteiger partial charge in [-0.05, 0) is 55.3 Å². The molecular formula is C19H13Cl2F3N4O2. The van der Waals surface area contributed by atoms with E-state index in [-0.39, 0.29) is 32.6 Å². The van der Waals surface area contributed by atoms with E-state index < -0.39 is 23.7 Å². The van der Waals surface area contributed by atoms with Crippen molar-refractivity contribution < 1.29 is 22.8 Å². The van der Waals surface area contributed by atoms with Gasteiger partial charge in [-0.25, -0.2) is 4.98 Å². The largest absolute Gasteiger partial charge is 0.440 e. The van der Waals surface area contributed by atoms with E-state index in [1.165, 1.54) is 12.1 Å². The first-order chi connectivity index (χ1) is 13.9. The third-order valence-electron chi connectivity index (χ3n) is 4.99. The molecule has 156 valence electrons. The maximum Gasteiger partial charge on any atom is 0.440 e. The van der Waals surface area contributed by atoms with Crippen LogP contribution in [0.3, 0.4) is 0 Å². The van der Waals surface area contributed by atoms with Crippen LogP contribution in [0.2, 0.25) is 10.0 Å². The maximum absolute atomic E-state index is 14.4. The van der Waals surface area contributed by atoms with Crippen LogP contribution in [-0.2, 0) is 10.5 Å². The van der Waals surface area contributed by atoms with Gasteiger partial charge in [0.15, 0.2) is 0 Å². The standard InChI is InChI=1S/C19H13Cl2F3N4O2/c1-8-3-13-14(4-9(8)2)28-17(25-13)26-16(30)18(28,19(22,23)24)27-15(29)10-5-11(20)7-12(21)6-10/h3-7H,1-2H3,(H,27,29)(H,25,26,30). The molecule has 0 saturated carbocycles. The highest BCUT2D eigenvalue weighted by atomic mass is 35.5. The molecule has 6 nitrogen and oxygen atoms in total. The molecule has 1 aliphatic heterocycles. The molecule has 2 heterocycles. The third-order valence-corrected chi connectivity index (χ3v) is 5.43. The van der Waals surface area contributed by atoms with Gasteiger partial charge in [0.25, 0.3) is 17.5 Å². The number of rotatable bonds is 2. The zero-order valence-electron chi connectivity index (χ0n) is 15.5. The monoisotopic (exact) mass is 456 g/mol. The summed E-state index contributed by atoms with van der Waals surface area (Å²) >= 11 is 11.7. The maximum atomic E-state index is 14.4. The number of carbonyl (C=O) groups excluding carboxylic acids is 2. The van der Waals surface area contributed by atoms with Crippen LogP contribution in [0.1, 0.15) is 21.5 Å². The van der Waals surface area contributed by atoms with Crippen LogP contribution in [0.25, 0.3) is 11.0 Å². The van der Waals surface area contributed by atoms with Crippen molar-refractivity contribution in [2.75, 3.05) is 5.32 Å². The number of aromatic nitrogens is 2. The lowest BCUT2D eigenvalue weighted by atomic mass is 10.1. The van der Waals surface area contributed by atoms with Crippen molar-refractivity contribution in [2.24, 2.45) is 0 Å². The average Bonchev–Trinajstić information content (AvgIpc) is 3.08. The molecule has 2 aromatic carbocycles. The van der Waals surface area contributed by atoms with Crippen molar-refractivity contribution in [3.63, 3.8) is 0 Å². The Kier molecular flexibility index (Phi) is 4.52. The lowest BCUT2D eigenvalue weighted by Crippen LogP contribution is -2.63. The van der Waals surface area contributed by atoms with Gasteiger partial charge in [0.05, 0.1) is 11.0 Å². The number of carbonyl (C=O) groups is 2. The molecule has 11 heteroatoms. The number of imidazole rings is 1. The number of hydrogen-bond acceptors (Lipinski definition) is 3. The van der Waals surface area contributed by atoms with Gasteiger partial charge in [-0.1, -0.05) is 23.2 Å². The van der Waals surface area contributed by atoms with Crippen LogP contribution >= 0.6 is 23.2 Å². The molecule has 1 atom stereocenters. The number of alkyl halides is 3. The summed E-state index contributed by atoms with van der Waals surface area (Å²) in [6.07, 6.45) is -5.19. The summed E-state index contributed by atoms with van der Waals surface area (Å²) in [6, 6.07) is 6.74. The fourth-order valence-corrected chi connectivity index (χ4v) is 3.94. The SMILES string of the molecule is Cc1cc2nc3n(c2cc1C)C(NC(=O)c1cc(Cl)cc(Cl)c1)(C(F)(F)F)C(=O)N3. The minimum Gasteiger partial charge on any atom is -0.313 e. The number of nitrogens with one attached hydrogen (secondary N) is 2. The lowest BCUT2D eigenvalue weighted by Gasteiger charge is -2.32. The molecule has 1 unspecified atom stereocenters. The summed E-state index contributed by atoms with van der Waals surface area (Å²) < 4.78 is 43.8. The summed E-state index contributed by atoms with van der Waals surface area (Å²) in [5.41, 5.74) is -1.80. The predicted molar refractivity (Wildman–Crippen MR) is 106 cm³/mol. The second kappa shape index (κ2) is 6.61. The Labute approximate surface area is 178 Å². The van der Waals surface area contributed by atoms with Crippen LogP contribution < -0.4 is 10.6 Å². The van der Waals surface area contributed by atoms with Crippen molar-refractivity contribution in [3.05, 3.63) is 57.1 Å². The molecule has 0 saturated heterocycles. The molecule has 1 aliphatic rings. The molecule has 0 aliphatic carbocycles. The molecule has 2 N–H and O–H groups in total. The normalized spacial score (nSPS) is 18.4. The number of nitrogens with zero attached hydrogens (tertiary/aromatic N) is 2. The van der Waals surface area contributed by atoms with E-state index in [1.54, 1.807) is 19.9 Å². The van der Waals surface area contributed by atoms with Crippen molar-refractivity contribution in [2.45, 2.75) is 25.7 Å². The number of hydrogen-bond donors (Lipinski definition) is 2. The van der Waals surface area contributed by atoms with Crippen LogP contribution in [0.5, 0.6) is 0 Å². The second-order valence-corrected chi connectivity index (χ2v) is 7.84. The Morgan fingerprint density at radius 2 is 1.70 bits per heavy atom. The van der Waals surface area contributed by atoms with E-state index >= 15 is 0 Å². The third kappa shape index (κ3) is 2.92. The first-order valence-electron chi connectivity index (χ1n) is 8.61. The molecule has 2 amide bonds. The Morgan fingerprint density at radius 3 is 2.30 bits per heavy atom. The average molecular weight is 457 g/mol. The van der Waals surface area contributed by atoms with Gasteiger partial charge >= 0.3 is 6.18 Å². The molecule has 0 spiro atoms. The minimum atomic E-state index is -5.19. The zero-order valence-corrected chi connectivity index (χ0v) is 17.0. The molecule has 0 radical (unpaired) electrons. The van der Waals surface area contributed by atoms with Crippen LogP contribution in [0, 0.1) is 13.8 Å². The van der Waals surface area contributed by atoms with Gasteiger partial charge in [-0.2, -0.15) is 13.2 Å². The summed E-state index contributed by atoms with van der Waals surface area (Å²) in [5.74, 6) is -2.97. The van der Waals surface area contributed by atoms with Crippen molar-refractivity contribution >= 4 is 52.0 Å². The van der Waals surface area contributed by atoms with Gasteiger partial charge in [0.2, 0.25) is 5.95 Å². The quantitative estimate of drug-likeness (QED) is 0.593. The van der Waals surface area contributed by atoms with Crippen LogP contribution in [0.4, 0.5) is 19.1 Å². The van der Waals surface area contributed by atoms with E-state index in [2.05, 4.69) is 10.3 Å². The lowest BCUT2D eigenvalue weighted by molar-refractivity contribution is -0.213. The molecule has 0 fully saturated rings. The molecule has 0 bridgehead atoms. The molecule has 1 aromatic heterocycles. The summed E-state index contributed by atoms with van der Waals surface area (Å²) in [5, 5.41) is 4.10. The fourth-order valence-electron chi connectivity index (χ4n) is 3.41. The van der Waals surface area contributed by atoms with Crippen LogP contribution in [-0.4, -0.2) is 27.5 Å². The summed E-state index contributed by atoms with van der Waals surface area (Å²) in [7, 11) is 0. The van der Waals surface area contributed by atoms with E-state index in [4.69, 9.17) is 23.2 Å². The molecule has 3 aromatic rings. The smallest absolute Gasteiger partial charge is 0.313 e. The van der Waals surface area contributed by atoms with Gasteiger partial charge < -0.3 is 5.32 Å². The second-order valence-electron chi connectivity index (χ2n) is 6.97. The predicted octanol–water partition coefficient (Wildman–Crippen LogP) is 4.56. The van der Waals surface area contributed by atoms with Gasteiger partial charge in [-0.15, -0.1) is 0 Å². The van der Waals surface area contributed by atoms with Crippen molar-refractivity contribution in [1.29, 1.82) is 0 Å². The van der Waals surface area contributed by atoms with Crippen molar-refractivity contribution in [3.8, 4) is 0 Å². The number of anilines is 1. The number of fused-ring (bicyclic) bond motifs is 3. The highest BCUT2D eigenvalue weighted by Crippen LogP contribution is 2.44. The number of benzene rings is 2. The number of halogens is 5. The van der Waals surface area contributed by atoms with Gasteiger partial charge in [-0.3, -0.25) is 19.5 Å². The molecule has 30 heavy (non-hydrogen) atoms. The Hall–Kier alpha value is -2.78. The zero-order chi connectivity index (χ0) is 22.0. The minimum absolute atomic E-state index is 0.0493. The Balaban J connectivity index is 1.93. The number of amides is 2. The van der Waals surface area contributed by atoms with Crippen LogP contribution in [0.15, 0.2) is 30.3 Å². The van der Waals surface area contributed by atoms with E-state index in [0.717, 1.165) is 17.7 Å². The summed E-state index contributed by atoms with van der Waals surface area (Å²) in [4.78, 5) is 29.4. The fraction of sp³-hybridized carbons (Fsp3) is 0.211. The first kappa shape index (κ1) is 20.5. The van der Waals surface area contributed by atoms with Gasteiger partial charge in [0.1, 0.15) is 0 Å². The Bertz CT molecular complexity index is 1220. The van der Waals surface area contributed by atoms with E-state index in [1.807, 2.05) is 5.32 Å². The summed E-state index contributed by atoms with van der Waals surface area (Å²) in [6.45, 7) is 3.51. The highest BCUT2D eigenvalue weighted by Gasteiger charge is 2.67. The van der Waals surface area contributed by atoms with Crippen molar-refractivity contribution in [1.82, 2.24) is 14.9 Å². The topological polar surface area (TPSA) is 76.0 Å².